The van der Waals surface area contributed by atoms with Gasteiger partial charge in [0, 0.05) is 30.7 Å². The summed E-state index contributed by atoms with van der Waals surface area (Å²) in [6, 6.07) is 5.37. The van der Waals surface area contributed by atoms with Gasteiger partial charge >= 0.3 is 6.18 Å². The van der Waals surface area contributed by atoms with Crippen LogP contribution in [-0.2, 0) is 11.0 Å². The molecule has 31 heavy (non-hydrogen) atoms. The Balaban J connectivity index is 1.51. The molecule has 1 aromatic carbocycles. The number of nitrogens with one attached hydrogen (secondary N) is 2. The van der Waals surface area contributed by atoms with Crippen molar-refractivity contribution in [3.8, 4) is 11.5 Å². The number of phenolic OH excluding ortho intramolecular Hbond substituents is 1. The fourth-order valence-electron chi connectivity index (χ4n) is 3.17. The van der Waals surface area contributed by atoms with Crippen LogP contribution in [0.15, 0.2) is 35.6 Å². The molecule has 7 nitrogen and oxygen atoms in total. The summed E-state index contributed by atoms with van der Waals surface area (Å²) in [5.74, 6) is -0.175. The Morgan fingerprint density at radius 1 is 1.39 bits per heavy atom. The van der Waals surface area contributed by atoms with Crippen LogP contribution < -0.4 is 14.6 Å². The van der Waals surface area contributed by atoms with Crippen molar-refractivity contribution < 1.29 is 32.4 Å². The van der Waals surface area contributed by atoms with Crippen LogP contribution in [0.2, 0.25) is 0 Å². The number of rotatable bonds is 6. The van der Waals surface area contributed by atoms with Gasteiger partial charge in [0.2, 0.25) is 5.91 Å². The van der Waals surface area contributed by atoms with Gasteiger partial charge in [-0.25, -0.2) is 4.98 Å². The maximum absolute atomic E-state index is 13.4. The number of H-pyrrole nitrogens is 1. The number of fused-ring (bicyclic) bond motifs is 1. The number of anilines is 1. The molecular weight excluding hydrogens is 433 g/mol. The summed E-state index contributed by atoms with van der Waals surface area (Å²) in [5.41, 5.74) is 0.339. The molecule has 1 aliphatic rings. The van der Waals surface area contributed by atoms with Crippen LogP contribution in [0.4, 0.5) is 18.9 Å². The number of nitrogens with zero attached hydrogens (tertiary/aromatic N) is 2. The van der Waals surface area contributed by atoms with Crippen molar-refractivity contribution in [3.63, 3.8) is 0 Å². The van der Waals surface area contributed by atoms with E-state index in [4.69, 9.17) is 4.74 Å². The summed E-state index contributed by atoms with van der Waals surface area (Å²) in [6.45, 7) is 1.65. The number of thioether (sulfide) groups is 1. The molecule has 1 fully saturated rings. The van der Waals surface area contributed by atoms with Crippen LogP contribution in [0, 0.1) is 0 Å². The van der Waals surface area contributed by atoms with Gasteiger partial charge in [-0.05, 0) is 19.1 Å². The topological polar surface area (TPSA) is 91.1 Å². The standard InChI is InChI=1S/C20H19F3N4O3S/c1-10(18(29)24-11-3-6-16(30-2)15(28)7-11)31-19-25-13-8-17(20(21,22)23)27(12-4-5-12)9-14(13)26-19/h3,6-10,12H,4-5H2,1-2H3,(H2,24,28,29)/p+1. The lowest BCUT2D eigenvalue weighted by molar-refractivity contribution is -0.717. The van der Waals surface area contributed by atoms with Gasteiger partial charge in [-0.1, -0.05) is 11.8 Å². The van der Waals surface area contributed by atoms with Crippen LogP contribution in [0.3, 0.4) is 0 Å². The second kappa shape index (κ2) is 7.95. The highest BCUT2D eigenvalue weighted by atomic mass is 32.2. The van der Waals surface area contributed by atoms with Crippen molar-refractivity contribution in [1.82, 2.24) is 9.97 Å². The zero-order valence-electron chi connectivity index (χ0n) is 16.7. The Bertz CT molecular complexity index is 1140. The highest BCUT2D eigenvalue weighted by Gasteiger charge is 2.46. The van der Waals surface area contributed by atoms with Gasteiger partial charge in [0.25, 0.3) is 5.69 Å². The van der Waals surface area contributed by atoms with E-state index in [2.05, 4.69) is 15.3 Å². The minimum atomic E-state index is -4.47. The minimum absolute atomic E-state index is 0.109. The normalized spacial score (nSPS) is 15.1. The third-order valence-corrected chi connectivity index (χ3v) is 5.88. The van der Waals surface area contributed by atoms with Gasteiger partial charge in [0.15, 0.2) is 28.9 Å². The summed E-state index contributed by atoms with van der Waals surface area (Å²) < 4.78 is 46.5. The van der Waals surface area contributed by atoms with Crippen LogP contribution in [0.25, 0.3) is 11.0 Å². The third kappa shape index (κ3) is 4.55. The molecular formula is C20H20F3N4O3S+. The highest BCUT2D eigenvalue weighted by Crippen LogP contribution is 2.36. The molecule has 3 N–H and O–H groups in total. The Morgan fingerprint density at radius 3 is 2.74 bits per heavy atom. The van der Waals surface area contributed by atoms with Gasteiger partial charge < -0.3 is 20.1 Å². The van der Waals surface area contributed by atoms with E-state index in [-0.39, 0.29) is 29.0 Å². The van der Waals surface area contributed by atoms with Crippen LogP contribution >= 0.6 is 11.8 Å². The maximum Gasteiger partial charge on any atom is 0.477 e. The van der Waals surface area contributed by atoms with E-state index in [0.717, 1.165) is 17.8 Å². The zero-order chi connectivity index (χ0) is 22.3. The number of amides is 1. The molecule has 2 heterocycles. The van der Waals surface area contributed by atoms with Crippen LogP contribution in [-0.4, -0.2) is 33.3 Å². The SMILES string of the molecule is COc1ccc(NC(=O)C(C)Sc2nc3cc(C(F)(F)F)[n+](C4CC4)cc3[nH]2)cc1O. The molecule has 1 atom stereocenters. The molecule has 2 aromatic heterocycles. The van der Waals surface area contributed by atoms with Gasteiger partial charge in [-0.15, -0.1) is 0 Å². The number of carbonyl (C=O) groups is 1. The lowest BCUT2D eigenvalue weighted by Gasteiger charge is -2.11. The number of pyridine rings is 1. The first-order chi connectivity index (χ1) is 14.7. The number of aromatic hydroxyl groups is 1. The van der Waals surface area contributed by atoms with E-state index in [9.17, 15) is 23.1 Å². The first kappa shape index (κ1) is 21.3. The average Bonchev–Trinajstić information content (AvgIpc) is 3.46. The molecule has 1 unspecified atom stereocenters. The number of benzene rings is 1. The second-order valence-corrected chi connectivity index (χ2v) is 8.60. The summed E-state index contributed by atoms with van der Waals surface area (Å²) in [4.78, 5) is 19.7. The van der Waals surface area contributed by atoms with E-state index in [1.165, 1.54) is 30.0 Å². The first-order valence-electron chi connectivity index (χ1n) is 9.52. The molecule has 0 saturated heterocycles. The Morgan fingerprint density at radius 2 is 2.13 bits per heavy atom. The number of phenols is 1. The third-order valence-electron chi connectivity index (χ3n) is 4.89. The monoisotopic (exact) mass is 453 g/mol. The van der Waals surface area contributed by atoms with Gasteiger partial charge in [0.1, 0.15) is 11.0 Å². The molecule has 4 rings (SSSR count). The van der Waals surface area contributed by atoms with Crippen molar-refractivity contribution in [2.24, 2.45) is 0 Å². The number of aromatic amines is 1. The van der Waals surface area contributed by atoms with Gasteiger partial charge in [0.05, 0.1) is 12.4 Å². The number of ether oxygens (including phenoxy) is 1. The van der Waals surface area contributed by atoms with E-state index < -0.39 is 17.1 Å². The van der Waals surface area contributed by atoms with Crippen molar-refractivity contribution >= 4 is 34.4 Å². The molecule has 0 spiro atoms. The van der Waals surface area contributed by atoms with Crippen molar-refractivity contribution in [2.75, 3.05) is 12.4 Å². The second-order valence-electron chi connectivity index (χ2n) is 7.27. The molecule has 11 heteroatoms. The predicted molar refractivity (Wildman–Crippen MR) is 108 cm³/mol. The summed E-state index contributed by atoms with van der Waals surface area (Å²) >= 11 is 1.10. The van der Waals surface area contributed by atoms with E-state index in [1.807, 2.05) is 0 Å². The highest BCUT2D eigenvalue weighted by molar-refractivity contribution is 8.00. The van der Waals surface area contributed by atoms with Crippen LogP contribution in [0.5, 0.6) is 11.5 Å². The lowest BCUT2D eigenvalue weighted by atomic mass is 10.2. The summed E-state index contributed by atoms with van der Waals surface area (Å²) in [5, 5.41) is 12.3. The largest absolute Gasteiger partial charge is 0.504 e. The van der Waals surface area contributed by atoms with Crippen molar-refractivity contribution in [1.29, 1.82) is 0 Å². The van der Waals surface area contributed by atoms with E-state index >= 15 is 0 Å². The number of carbonyl (C=O) groups excluding carboxylic acids is 1. The average molecular weight is 453 g/mol. The van der Waals surface area contributed by atoms with E-state index in [1.54, 1.807) is 13.0 Å². The maximum atomic E-state index is 13.4. The molecule has 1 aliphatic carbocycles. The van der Waals surface area contributed by atoms with Gasteiger partial charge in [-0.2, -0.15) is 17.7 Å². The summed E-state index contributed by atoms with van der Waals surface area (Å²) in [6.07, 6.45) is -1.60. The summed E-state index contributed by atoms with van der Waals surface area (Å²) in [7, 11) is 1.42. The fraction of sp³-hybridized carbons (Fsp3) is 0.350. The number of imidazole rings is 1. The smallest absolute Gasteiger partial charge is 0.477 e. The predicted octanol–water partition coefficient (Wildman–Crippen LogP) is 4.04. The fourth-order valence-corrected chi connectivity index (χ4v) is 3.99. The lowest BCUT2D eigenvalue weighted by Crippen LogP contribution is -2.40. The molecule has 0 bridgehead atoms. The van der Waals surface area contributed by atoms with E-state index in [0.29, 0.717) is 29.2 Å². The Labute approximate surface area is 179 Å². The zero-order valence-corrected chi connectivity index (χ0v) is 17.5. The molecule has 1 saturated carbocycles. The number of methoxy groups -OCH3 is 1. The molecule has 3 aromatic rings. The molecule has 0 aliphatic heterocycles. The van der Waals surface area contributed by atoms with Crippen molar-refractivity contribution in [3.05, 3.63) is 36.2 Å². The Hall–Kier alpha value is -2.95. The quantitative estimate of drug-likeness (QED) is 0.387. The molecule has 0 radical (unpaired) electrons. The number of alkyl halides is 3. The first-order valence-corrected chi connectivity index (χ1v) is 10.4. The number of hydrogen-bond donors (Lipinski definition) is 3. The Kier molecular flexibility index (Phi) is 5.46. The van der Waals surface area contributed by atoms with Gasteiger partial charge in [-0.3, -0.25) is 4.79 Å². The number of hydrogen-bond acceptors (Lipinski definition) is 5. The minimum Gasteiger partial charge on any atom is -0.504 e. The number of aromatic nitrogens is 3. The molecule has 164 valence electrons. The molecule has 1 amide bonds. The van der Waals surface area contributed by atoms with Crippen molar-refractivity contribution in [2.45, 2.75) is 42.4 Å². The number of halogens is 3. The van der Waals surface area contributed by atoms with Crippen LogP contribution in [0.1, 0.15) is 31.5 Å².